The van der Waals surface area contributed by atoms with Gasteiger partial charge < -0.3 is 16.0 Å². The van der Waals surface area contributed by atoms with Crippen molar-refractivity contribution >= 4 is 28.7 Å². The lowest BCUT2D eigenvalue weighted by Gasteiger charge is -2.16. The zero-order valence-electron chi connectivity index (χ0n) is 16.0. The van der Waals surface area contributed by atoms with Crippen LogP contribution in [0.1, 0.15) is 18.5 Å². The smallest absolute Gasteiger partial charge is 0.271 e. The number of hydrogen-bond acceptors (Lipinski definition) is 5. The Hall–Kier alpha value is -3.87. The molecule has 0 heterocycles. The second kappa shape index (κ2) is 9.36. The van der Waals surface area contributed by atoms with Gasteiger partial charge in [0.15, 0.2) is 0 Å². The molecule has 3 rings (SSSR count). The molecule has 0 aromatic heterocycles. The molecule has 0 unspecified atom stereocenters. The Balaban J connectivity index is 1.70. The van der Waals surface area contributed by atoms with Crippen LogP contribution in [0.4, 0.5) is 22.7 Å². The first-order valence-electron chi connectivity index (χ1n) is 9.21. The van der Waals surface area contributed by atoms with E-state index in [4.69, 9.17) is 0 Å². The third-order valence-electron chi connectivity index (χ3n) is 4.38. The quantitative estimate of drug-likeness (QED) is 0.385. The highest BCUT2D eigenvalue weighted by molar-refractivity contribution is 5.84. The highest BCUT2D eigenvalue weighted by atomic mass is 16.6. The third-order valence-corrected chi connectivity index (χ3v) is 4.38. The molecule has 148 valence electrons. The van der Waals surface area contributed by atoms with E-state index in [0.29, 0.717) is 11.4 Å². The van der Waals surface area contributed by atoms with Gasteiger partial charge in [-0.1, -0.05) is 48.5 Å². The number of carbonyl (C=O) groups excluding carboxylic acids is 1. The summed E-state index contributed by atoms with van der Waals surface area (Å²) in [4.78, 5) is 23.0. The van der Waals surface area contributed by atoms with Gasteiger partial charge in [0.2, 0.25) is 5.91 Å². The predicted octanol–water partition coefficient (Wildman–Crippen LogP) is 4.63. The highest BCUT2D eigenvalue weighted by Crippen LogP contribution is 2.29. The van der Waals surface area contributed by atoms with Crippen LogP contribution in [0.2, 0.25) is 0 Å². The first kappa shape index (κ1) is 19.9. The molecule has 3 aromatic rings. The van der Waals surface area contributed by atoms with Crippen molar-refractivity contribution in [2.45, 2.75) is 13.0 Å². The maximum absolute atomic E-state index is 12.4. The molecular weight excluding hydrogens is 368 g/mol. The maximum atomic E-state index is 12.4. The highest BCUT2D eigenvalue weighted by Gasteiger charge is 2.13. The summed E-state index contributed by atoms with van der Waals surface area (Å²) in [5, 5.41) is 20.3. The van der Waals surface area contributed by atoms with E-state index in [-0.39, 0.29) is 24.2 Å². The van der Waals surface area contributed by atoms with Gasteiger partial charge in [-0.15, -0.1) is 0 Å². The normalized spacial score (nSPS) is 11.3. The van der Waals surface area contributed by atoms with Crippen LogP contribution < -0.4 is 16.0 Å². The summed E-state index contributed by atoms with van der Waals surface area (Å²) in [5.41, 5.74) is 2.91. The van der Waals surface area contributed by atoms with E-state index in [1.54, 1.807) is 6.07 Å². The number of carbonyl (C=O) groups is 1. The van der Waals surface area contributed by atoms with Crippen molar-refractivity contribution in [2.75, 3.05) is 17.2 Å². The summed E-state index contributed by atoms with van der Waals surface area (Å²) in [6, 6.07) is 23.4. The lowest BCUT2D eigenvalue weighted by Crippen LogP contribution is -2.32. The van der Waals surface area contributed by atoms with Gasteiger partial charge in [-0.3, -0.25) is 14.9 Å². The second-order valence-corrected chi connectivity index (χ2v) is 6.53. The molecule has 0 bridgehead atoms. The second-order valence-electron chi connectivity index (χ2n) is 6.53. The fourth-order valence-electron chi connectivity index (χ4n) is 2.87. The van der Waals surface area contributed by atoms with Gasteiger partial charge >= 0.3 is 0 Å². The van der Waals surface area contributed by atoms with Crippen molar-refractivity contribution < 1.29 is 9.72 Å². The Morgan fingerprint density at radius 2 is 1.62 bits per heavy atom. The average molecular weight is 390 g/mol. The maximum Gasteiger partial charge on any atom is 0.271 e. The van der Waals surface area contributed by atoms with Crippen LogP contribution in [0.15, 0.2) is 78.9 Å². The molecule has 1 amide bonds. The summed E-state index contributed by atoms with van der Waals surface area (Å²) in [6.45, 7) is 1.89. The van der Waals surface area contributed by atoms with Crippen molar-refractivity contribution in [3.8, 4) is 0 Å². The molecule has 3 N–H and O–H groups in total. The Labute approximate surface area is 168 Å². The average Bonchev–Trinajstić information content (AvgIpc) is 2.74. The van der Waals surface area contributed by atoms with E-state index >= 15 is 0 Å². The zero-order chi connectivity index (χ0) is 20.6. The summed E-state index contributed by atoms with van der Waals surface area (Å²) >= 11 is 0. The standard InChI is InChI=1S/C22H22N4O3/c1-16(17-8-4-2-5-9-17)24-22(27)15-23-21-14-19(26(28)29)12-13-20(21)25-18-10-6-3-7-11-18/h2-14,16,23,25H,15H2,1H3,(H,24,27)/t16-/m1/s1. The van der Waals surface area contributed by atoms with Gasteiger partial charge in [0.1, 0.15) is 0 Å². The minimum absolute atomic E-state index is 0.0121. The Bertz CT molecular complexity index is 978. The van der Waals surface area contributed by atoms with Crippen molar-refractivity contribution in [1.82, 2.24) is 5.32 Å². The number of hydrogen-bond donors (Lipinski definition) is 3. The fraction of sp³-hybridized carbons (Fsp3) is 0.136. The van der Waals surface area contributed by atoms with Crippen molar-refractivity contribution in [3.05, 3.63) is 94.5 Å². The number of rotatable bonds is 8. The molecule has 29 heavy (non-hydrogen) atoms. The summed E-state index contributed by atoms with van der Waals surface area (Å²) in [7, 11) is 0. The summed E-state index contributed by atoms with van der Waals surface area (Å²) < 4.78 is 0. The SMILES string of the molecule is C[C@@H](NC(=O)CNc1cc([N+](=O)[O-])ccc1Nc1ccccc1)c1ccccc1. The summed E-state index contributed by atoms with van der Waals surface area (Å²) in [5.74, 6) is -0.210. The number of amides is 1. The van der Waals surface area contributed by atoms with Gasteiger partial charge in [-0.05, 0) is 30.7 Å². The lowest BCUT2D eigenvalue weighted by atomic mass is 10.1. The predicted molar refractivity (Wildman–Crippen MR) is 114 cm³/mol. The first-order valence-corrected chi connectivity index (χ1v) is 9.21. The van der Waals surface area contributed by atoms with Crippen LogP contribution in [0, 0.1) is 10.1 Å². The molecule has 0 spiro atoms. The van der Waals surface area contributed by atoms with Crippen molar-refractivity contribution in [1.29, 1.82) is 0 Å². The van der Waals surface area contributed by atoms with Gasteiger partial charge in [0, 0.05) is 17.8 Å². The Morgan fingerprint density at radius 1 is 0.966 bits per heavy atom. The van der Waals surface area contributed by atoms with Crippen molar-refractivity contribution in [2.24, 2.45) is 0 Å². The fourth-order valence-corrected chi connectivity index (χ4v) is 2.87. The third kappa shape index (κ3) is 5.55. The molecular formula is C22H22N4O3. The molecule has 1 atom stereocenters. The van der Waals surface area contributed by atoms with Crippen LogP contribution in [0.25, 0.3) is 0 Å². The van der Waals surface area contributed by atoms with E-state index in [1.807, 2.05) is 67.6 Å². The van der Waals surface area contributed by atoms with Crippen LogP contribution in [0.5, 0.6) is 0 Å². The number of nitrogens with zero attached hydrogens (tertiary/aromatic N) is 1. The lowest BCUT2D eigenvalue weighted by molar-refractivity contribution is -0.384. The minimum atomic E-state index is -0.463. The molecule has 7 nitrogen and oxygen atoms in total. The van der Waals surface area contributed by atoms with Crippen LogP contribution in [0.3, 0.4) is 0 Å². The van der Waals surface area contributed by atoms with Crippen LogP contribution in [-0.2, 0) is 4.79 Å². The molecule has 3 aromatic carbocycles. The molecule has 0 aliphatic rings. The molecule has 0 aliphatic heterocycles. The largest absolute Gasteiger partial charge is 0.374 e. The minimum Gasteiger partial charge on any atom is -0.374 e. The first-order chi connectivity index (χ1) is 14.0. The number of non-ortho nitro benzene ring substituents is 1. The molecule has 0 saturated carbocycles. The van der Waals surface area contributed by atoms with Gasteiger partial charge in [-0.2, -0.15) is 0 Å². The Kier molecular flexibility index (Phi) is 6.42. The number of anilines is 3. The number of benzene rings is 3. The van der Waals surface area contributed by atoms with Gasteiger partial charge in [-0.25, -0.2) is 0 Å². The topological polar surface area (TPSA) is 96.3 Å². The zero-order valence-corrected chi connectivity index (χ0v) is 16.0. The van der Waals surface area contributed by atoms with Gasteiger partial charge in [0.25, 0.3) is 5.69 Å². The number of nitro groups is 1. The number of para-hydroxylation sites is 1. The van der Waals surface area contributed by atoms with E-state index in [0.717, 1.165) is 11.3 Å². The van der Waals surface area contributed by atoms with E-state index in [9.17, 15) is 14.9 Å². The molecule has 7 heteroatoms. The number of nitro benzene ring substituents is 1. The summed E-state index contributed by atoms with van der Waals surface area (Å²) in [6.07, 6.45) is 0. The van der Waals surface area contributed by atoms with Crippen LogP contribution >= 0.6 is 0 Å². The van der Waals surface area contributed by atoms with Crippen molar-refractivity contribution in [3.63, 3.8) is 0 Å². The number of nitrogens with one attached hydrogen (secondary N) is 3. The van der Waals surface area contributed by atoms with Gasteiger partial charge in [0.05, 0.1) is 28.9 Å². The molecule has 0 radical (unpaired) electrons. The van der Waals surface area contributed by atoms with E-state index < -0.39 is 4.92 Å². The molecule has 0 saturated heterocycles. The Morgan fingerprint density at radius 3 is 2.28 bits per heavy atom. The molecule has 0 aliphatic carbocycles. The molecule has 0 fully saturated rings. The van der Waals surface area contributed by atoms with E-state index in [1.165, 1.54) is 12.1 Å². The van der Waals surface area contributed by atoms with Crippen LogP contribution in [-0.4, -0.2) is 17.4 Å². The monoisotopic (exact) mass is 390 g/mol. The van der Waals surface area contributed by atoms with E-state index in [2.05, 4.69) is 16.0 Å².